The number of nitrogens with zero attached hydrogens (tertiary/aromatic N) is 1. The highest BCUT2D eigenvalue weighted by Crippen LogP contribution is 2.33. The highest BCUT2D eigenvalue weighted by molar-refractivity contribution is 5.22. The van der Waals surface area contributed by atoms with E-state index in [1.165, 1.54) is 6.07 Å². The van der Waals surface area contributed by atoms with E-state index in [2.05, 4.69) is 18.7 Å². The molecule has 0 aromatic heterocycles. The van der Waals surface area contributed by atoms with Crippen molar-refractivity contribution in [2.75, 3.05) is 6.54 Å². The lowest BCUT2D eigenvalue weighted by Gasteiger charge is -2.28. The third kappa shape index (κ3) is 2.25. The lowest BCUT2D eigenvalue weighted by molar-refractivity contribution is 0.204. The maximum absolute atomic E-state index is 13.2. The lowest BCUT2D eigenvalue weighted by Crippen LogP contribution is -2.33. The van der Waals surface area contributed by atoms with Gasteiger partial charge in [0.25, 0.3) is 0 Å². The molecule has 88 valence electrons. The molecule has 0 radical (unpaired) electrons. The van der Waals surface area contributed by atoms with Gasteiger partial charge in [-0.25, -0.2) is 4.39 Å². The van der Waals surface area contributed by atoms with Crippen LogP contribution >= 0.6 is 0 Å². The summed E-state index contributed by atoms with van der Waals surface area (Å²) in [6.45, 7) is 5.22. The molecule has 2 nitrogen and oxygen atoms in total. The van der Waals surface area contributed by atoms with Crippen LogP contribution in [0.15, 0.2) is 24.3 Å². The van der Waals surface area contributed by atoms with Crippen molar-refractivity contribution in [3.63, 3.8) is 0 Å². The van der Waals surface area contributed by atoms with Crippen molar-refractivity contribution in [3.05, 3.63) is 35.6 Å². The molecule has 2 rings (SSSR count). The molecule has 0 amide bonds. The normalized spacial score (nSPS) is 26.6. The number of benzene rings is 1. The zero-order chi connectivity index (χ0) is 11.7. The van der Waals surface area contributed by atoms with Crippen LogP contribution in [-0.4, -0.2) is 23.5 Å². The van der Waals surface area contributed by atoms with Crippen molar-refractivity contribution in [2.24, 2.45) is 5.73 Å². The Bertz CT molecular complexity index is 365. The zero-order valence-corrected chi connectivity index (χ0v) is 9.86. The van der Waals surface area contributed by atoms with Crippen molar-refractivity contribution in [3.8, 4) is 0 Å². The van der Waals surface area contributed by atoms with Crippen LogP contribution in [0.4, 0.5) is 4.39 Å². The van der Waals surface area contributed by atoms with E-state index in [1.807, 2.05) is 6.07 Å². The Labute approximate surface area is 96.2 Å². The van der Waals surface area contributed by atoms with Crippen LogP contribution in [0.5, 0.6) is 0 Å². The summed E-state index contributed by atoms with van der Waals surface area (Å²) in [5, 5.41) is 0. The molecule has 16 heavy (non-hydrogen) atoms. The largest absolute Gasteiger partial charge is 0.326 e. The molecule has 0 spiro atoms. The predicted octanol–water partition coefficient (Wildman–Crippen LogP) is 2.31. The summed E-state index contributed by atoms with van der Waals surface area (Å²) in [5.41, 5.74) is 7.04. The quantitative estimate of drug-likeness (QED) is 0.832. The Balaban J connectivity index is 2.25. The standard InChI is InChI=1S/C13H19FN2/c1-9(2)16-8-12(15)7-13(16)10-4-3-5-11(14)6-10/h3-6,9,12-13H,7-8,15H2,1-2H3. The third-order valence-corrected chi connectivity index (χ3v) is 3.27. The molecule has 2 unspecified atom stereocenters. The van der Waals surface area contributed by atoms with Gasteiger partial charge in [0.2, 0.25) is 0 Å². The van der Waals surface area contributed by atoms with Crippen molar-refractivity contribution in [2.45, 2.75) is 38.4 Å². The van der Waals surface area contributed by atoms with Gasteiger partial charge in [0.05, 0.1) is 0 Å². The van der Waals surface area contributed by atoms with Crippen molar-refractivity contribution in [1.29, 1.82) is 0 Å². The van der Waals surface area contributed by atoms with E-state index >= 15 is 0 Å². The van der Waals surface area contributed by atoms with E-state index in [-0.39, 0.29) is 17.9 Å². The maximum Gasteiger partial charge on any atom is 0.123 e. The number of halogens is 1. The molecule has 1 fully saturated rings. The number of likely N-dealkylation sites (tertiary alicyclic amines) is 1. The Hall–Kier alpha value is -0.930. The second-order valence-electron chi connectivity index (χ2n) is 4.86. The molecule has 1 heterocycles. The van der Waals surface area contributed by atoms with Gasteiger partial charge in [0.1, 0.15) is 5.82 Å². The van der Waals surface area contributed by atoms with Gasteiger partial charge in [-0.3, -0.25) is 4.90 Å². The van der Waals surface area contributed by atoms with Crippen LogP contribution in [0.25, 0.3) is 0 Å². The molecule has 0 aliphatic carbocycles. The van der Waals surface area contributed by atoms with Crippen molar-refractivity contribution >= 4 is 0 Å². The maximum atomic E-state index is 13.2. The molecule has 2 N–H and O–H groups in total. The second kappa shape index (κ2) is 4.52. The number of hydrogen-bond donors (Lipinski definition) is 1. The first kappa shape index (κ1) is 11.6. The minimum atomic E-state index is -0.165. The average Bonchev–Trinajstić information content (AvgIpc) is 2.60. The van der Waals surface area contributed by atoms with Gasteiger partial charge in [-0.1, -0.05) is 12.1 Å². The van der Waals surface area contributed by atoms with E-state index in [0.717, 1.165) is 18.5 Å². The predicted molar refractivity (Wildman–Crippen MR) is 63.6 cm³/mol. The summed E-state index contributed by atoms with van der Waals surface area (Å²) < 4.78 is 13.2. The highest BCUT2D eigenvalue weighted by Gasteiger charge is 2.32. The van der Waals surface area contributed by atoms with Crippen molar-refractivity contribution in [1.82, 2.24) is 4.90 Å². The third-order valence-electron chi connectivity index (χ3n) is 3.27. The Morgan fingerprint density at radius 1 is 1.44 bits per heavy atom. The zero-order valence-electron chi connectivity index (χ0n) is 9.86. The molecule has 1 saturated heterocycles. The fraction of sp³-hybridized carbons (Fsp3) is 0.538. The van der Waals surface area contributed by atoms with E-state index in [0.29, 0.717) is 6.04 Å². The first-order chi connectivity index (χ1) is 7.58. The van der Waals surface area contributed by atoms with Crippen LogP contribution < -0.4 is 5.73 Å². The molecule has 1 aliphatic heterocycles. The summed E-state index contributed by atoms with van der Waals surface area (Å²) in [7, 11) is 0. The minimum absolute atomic E-state index is 0.165. The van der Waals surface area contributed by atoms with Crippen LogP contribution in [0.2, 0.25) is 0 Å². The topological polar surface area (TPSA) is 29.3 Å². The van der Waals surface area contributed by atoms with Gasteiger partial charge in [-0.2, -0.15) is 0 Å². The smallest absolute Gasteiger partial charge is 0.123 e. The summed E-state index contributed by atoms with van der Waals surface area (Å²) >= 11 is 0. The highest BCUT2D eigenvalue weighted by atomic mass is 19.1. The SMILES string of the molecule is CC(C)N1CC(N)CC1c1cccc(F)c1. The van der Waals surface area contributed by atoms with Crippen LogP contribution in [0.3, 0.4) is 0 Å². The molecular weight excluding hydrogens is 203 g/mol. The van der Waals surface area contributed by atoms with Gasteiger partial charge in [0, 0.05) is 24.7 Å². The van der Waals surface area contributed by atoms with Gasteiger partial charge in [-0.05, 0) is 38.0 Å². The molecule has 1 aromatic carbocycles. The number of nitrogens with two attached hydrogens (primary N) is 1. The lowest BCUT2D eigenvalue weighted by atomic mass is 10.0. The summed E-state index contributed by atoms with van der Waals surface area (Å²) in [6, 6.07) is 7.79. The monoisotopic (exact) mass is 222 g/mol. The Morgan fingerprint density at radius 2 is 2.19 bits per heavy atom. The van der Waals surface area contributed by atoms with Gasteiger partial charge in [-0.15, -0.1) is 0 Å². The van der Waals surface area contributed by atoms with E-state index in [1.54, 1.807) is 12.1 Å². The molecule has 2 atom stereocenters. The molecular formula is C13H19FN2. The molecule has 1 aliphatic rings. The Morgan fingerprint density at radius 3 is 2.81 bits per heavy atom. The van der Waals surface area contributed by atoms with Gasteiger partial charge < -0.3 is 5.73 Å². The fourth-order valence-electron chi connectivity index (χ4n) is 2.51. The fourth-order valence-corrected chi connectivity index (χ4v) is 2.51. The first-order valence-electron chi connectivity index (χ1n) is 5.84. The summed E-state index contributed by atoms with van der Waals surface area (Å²) in [6.07, 6.45) is 0.918. The van der Waals surface area contributed by atoms with Crippen LogP contribution in [0, 0.1) is 5.82 Å². The molecule has 0 saturated carbocycles. The van der Waals surface area contributed by atoms with E-state index in [4.69, 9.17) is 5.73 Å². The van der Waals surface area contributed by atoms with Crippen molar-refractivity contribution < 1.29 is 4.39 Å². The number of hydrogen-bond acceptors (Lipinski definition) is 2. The van der Waals surface area contributed by atoms with Gasteiger partial charge >= 0.3 is 0 Å². The first-order valence-corrected chi connectivity index (χ1v) is 5.84. The number of rotatable bonds is 2. The molecule has 0 bridgehead atoms. The van der Waals surface area contributed by atoms with E-state index < -0.39 is 0 Å². The van der Waals surface area contributed by atoms with Gasteiger partial charge in [0.15, 0.2) is 0 Å². The molecule has 1 aromatic rings. The Kier molecular flexibility index (Phi) is 3.26. The van der Waals surface area contributed by atoms with Crippen LogP contribution in [-0.2, 0) is 0 Å². The molecule has 3 heteroatoms. The van der Waals surface area contributed by atoms with Crippen LogP contribution in [0.1, 0.15) is 31.9 Å². The second-order valence-corrected chi connectivity index (χ2v) is 4.86. The summed E-state index contributed by atoms with van der Waals surface area (Å²) in [5.74, 6) is -0.165. The summed E-state index contributed by atoms with van der Waals surface area (Å²) in [4.78, 5) is 2.35. The van der Waals surface area contributed by atoms with E-state index in [9.17, 15) is 4.39 Å². The minimum Gasteiger partial charge on any atom is -0.326 e. The average molecular weight is 222 g/mol.